The van der Waals surface area contributed by atoms with E-state index in [1.165, 1.54) is 19.4 Å². The lowest BCUT2D eigenvalue weighted by atomic mass is 10.1. The molecule has 0 aliphatic heterocycles. The molecule has 15 nitrogen and oxygen atoms in total. The van der Waals surface area contributed by atoms with Crippen LogP contribution in [-0.4, -0.2) is 96.9 Å². The van der Waals surface area contributed by atoms with Crippen LogP contribution < -0.4 is 21.7 Å². The van der Waals surface area contributed by atoms with Gasteiger partial charge in [-0.15, -0.1) is 0 Å². The highest BCUT2D eigenvalue weighted by molar-refractivity contribution is 5.94. The van der Waals surface area contributed by atoms with Crippen molar-refractivity contribution < 1.29 is 44.4 Å². The summed E-state index contributed by atoms with van der Waals surface area (Å²) in [6.07, 6.45) is 0.372. The number of carboxylic acids is 2. The van der Waals surface area contributed by atoms with Crippen LogP contribution in [0.5, 0.6) is 0 Å². The van der Waals surface area contributed by atoms with Crippen molar-refractivity contribution in [3.05, 3.63) is 18.2 Å². The number of carbonyl (C=O) groups is 5. The highest BCUT2D eigenvalue weighted by Crippen LogP contribution is 2.03. The summed E-state index contributed by atoms with van der Waals surface area (Å²) in [5.74, 6) is -5.62. The average molecular weight is 472 g/mol. The van der Waals surface area contributed by atoms with E-state index >= 15 is 0 Å². The molecule has 0 fully saturated rings. The fraction of sp³-hybridized carbons (Fsp3) is 0.556. The second kappa shape index (κ2) is 13.1. The first-order valence-electron chi connectivity index (χ1n) is 9.83. The number of carbonyl (C=O) groups excluding carboxylic acids is 3. The molecule has 0 radical (unpaired) electrons. The first-order chi connectivity index (χ1) is 15.5. The Morgan fingerprint density at radius 3 is 2.09 bits per heavy atom. The van der Waals surface area contributed by atoms with Gasteiger partial charge in [0.1, 0.15) is 24.2 Å². The number of nitrogens with zero attached hydrogens (tertiary/aromatic N) is 1. The lowest BCUT2D eigenvalue weighted by Crippen LogP contribution is -2.59. The lowest BCUT2D eigenvalue weighted by molar-refractivity contribution is -0.142. The molecule has 0 saturated heterocycles. The zero-order chi connectivity index (χ0) is 25.1. The summed E-state index contributed by atoms with van der Waals surface area (Å²) >= 11 is 0. The lowest BCUT2D eigenvalue weighted by Gasteiger charge is -2.24. The summed E-state index contributed by atoms with van der Waals surface area (Å²) in [6.45, 7) is 0.325. The molecule has 0 spiro atoms. The van der Waals surface area contributed by atoms with Gasteiger partial charge in [0.2, 0.25) is 17.7 Å². The number of hydrogen-bond donors (Lipinski definition) is 9. The Morgan fingerprint density at radius 2 is 1.61 bits per heavy atom. The summed E-state index contributed by atoms with van der Waals surface area (Å²) < 4.78 is 0. The number of aliphatic carboxylic acids is 2. The van der Waals surface area contributed by atoms with Gasteiger partial charge in [-0.1, -0.05) is 0 Å². The largest absolute Gasteiger partial charge is 0.481 e. The van der Waals surface area contributed by atoms with Crippen molar-refractivity contribution in [2.45, 2.75) is 56.5 Å². The minimum atomic E-state index is -1.60. The molecule has 10 N–H and O–H groups in total. The topological polar surface area (TPSA) is 257 Å². The van der Waals surface area contributed by atoms with Gasteiger partial charge in [0.15, 0.2) is 0 Å². The highest BCUT2D eigenvalue weighted by Gasteiger charge is 2.31. The van der Waals surface area contributed by atoms with Crippen molar-refractivity contribution in [1.82, 2.24) is 25.9 Å². The van der Waals surface area contributed by atoms with Crippen LogP contribution in [0.3, 0.4) is 0 Å². The molecule has 33 heavy (non-hydrogen) atoms. The first kappa shape index (κ1) is 27.5. The summed E-state index contributed by atoms with van der Waals surface area (Å²) in [5, 5.41) is 43.7. The minimum absolute atomic E-state index is 0.151. The van der Waals surface area contributed by atoms with Crippen molar-refractivity contribution in [2.75, 3.05) is 6.61 Å². The molecule has 0 aliphatic carbocycles. The van der Waals surface area contributed by atoms with E-state index in [1.807, 2.05) is 0 Å². The quantitative estimate of drug-likeness (QED) is 0.126. The van der Waals surface area contributed by atoms with Crippen molar-refractivity contribution in [3.63, 3.8) is 0 Å². The van der Waals surface area contributed by atoms with Gasteiger partial charge in [-0.3, -0.25) is 19.2 Å². The van der Waals surface area contributed by atoms with Gasteiger partial charge >= 0.3 is 11.9 Å². The number of H-pyrrole nitrogens is 1. The smallest absolute Gasteiger partial charge is 0.326 e. The van der Waals surface area contributed by atoms with Crippen molar-refractivity contribution >= 4 is 29.7 Å². The molecule has 5 unspecified atom stereocenters. The molecular formula is C18H28N6O9. The Kier molecular flexibility index (Phi) is 10.9. The van der Waals surface area contributed by atoms with Crippen molar-refractivity contribution in [1.29, 1.82) is 0 Å². The fourth-order valence-electron chi connectivity index (χ4n) is 2.58. The van der Waals surface area contributed by atoms with Crippen LogP contribution in [0.1, 0.15) is 25.5 Å². The zero-order valence-electron chi connectivity index (χ0n) is 17.7. The highest BCUT2D eigenvalue weighted by atomic mass is 16.4. The van der Waals surface area contributed by atoms with Crippen LogP contribution in [0.4, 0.5) is 0 Å². The van der Waals surface area contributed by atoms with Crippen LogP contribution in [0, 0.1) is 0 Å². The molecule has 5 atom stereocenters. The van der Waals surface area contributed by atoms with E-state index in [0.717, 1.165) is 0 Å². The number of aromatic nitrogens is 2. The van der Waals surface area contributed by atoms with Crippen LogP contribution >= 0.6 is 0 Å². The second-order valence-corrected chi connectivity index (χ2v) is 7.18. The van der Waals surface area contributed by atoms with E-state index < -0.39 is 73.0 Å². The van der Waals surface area contributed by atoms with Gasteiger partial charge < -0.3 is 47.1 Å². The van der Waals surface area contributed by atoms with Gasteiger partial charge in [-0.2, -0.15) is 0 Å². The Bertz CT molecular complexity index is 829. The predicted octanol–water partition coefficient (Wildman–Crippen LogP) is -3.94. The zero-order valence-corrected chi connectivity index (χ0v) is 17.7. The Hall–Kier alpha value is -3.56. The molecule has 0 aromatic carbocycles. The average Bonchev–Trinajstić information content (AvgIpc) is 3.26. The van der Waals surface area contributed by atoms with E-state index in [9.17, 15) is 39.3 Å². The van der Waals surface area contributed by atoms with Crippen molar-refractivity contribution in [2.24, 2.45) is 5.73 Å². The third-order valence-electron chi connectivity index (χ3n) is 4.51. The number of aromatic amines is 1. The molecule has 15 heteroatoms. The number of nitrogens with two attached hydrogens (primary N) is 1. The fourth-order valence-corrected chi connectivity index (χ4v) is 2.58. The first-order valence-corrected chi connectivity index (χ1v) is 9.83. The Labute approximate surface area is 187 Å². The Balaban J connectivity index is 2.87. The third kappa shape index (κ3) is 9.22. The summed E-state index contributed by atoms with van der Waals surface area (Å²) in [4.78, 5) is 65.9. The van der Waals surface area contributed by atoms with E-state index in [2.05, 4.69) is 25.9 Å². The number of nitrogens with one attached hydrogen (secondary N) is 4. The molecule has 1 heterocycles. The maximum atomic E-state index is 12.6. The molecule has 1 aromatic rings. The third-order valence-corrected chi connectivity index (χ3v) is 4.51. The van der Waals surface area contributed by atoms with Gasteiger partial charge in [-0.25, -0.2) is 9.78 Å². The molecule has 1 aromatic heterocycles. The van der Waals surface area contributed by atoms with Gasteiger partial charge in [-0.05, 0) is 13.3 Å². The van der Waals surface area contributed by atoms with E-state index in [-0.39, 0.29) is 12.8 Å². The number of aliphatic hydroxyl groups excluding tert-OH is 2. The molecular weight excluding hydrogens is 444 g/mol. The van der Waals surface area contributed by atoms with Crippen molar-refractivity contribution in [3.8, 4) is 0 Å². The van der Waals surface area contributed by atoms with E-state index in [0.29, 0.717) is 5.69 Å². The Morgan fingerprint density at radius 1 is 1.03 bits per heavy atom. The molecule has 3 amide bonds. The number of amides is 3. The number of aliphatic hydroxyl groups is 2. The van der Waals surface area contributed by atoms with E-state index in [4.69, 9.17) is 10.8 Å². The maximum absolute atomic E-state index is 12.6. The van der Waals surface area contributed by atoms with Gasteiger partial charge in [0.05, 0.1) is 19.0 Å². The summed E-state index contributed by atoms with van der Waals surface area (Å²) in [6, 6.07) is -5.87. The maximum Gasteiger partial charge on any atom is 0.326 e. The summed E-state index contributed by atoms with van der Waals surface area (Å²) in [5.41, 5.74) is 5.92. The minimum Gasteiger partial charge on any atom is -0.481 e. The number of carboxylic acid groups (broad SMARTS) is 2. The van der Waals surface area contributed by atoms with E-state index in [1.54, 1.807) is 0 Å². The normalized spacial score (nSPS) is 15.4. The number of imidazole rings is 1. The molecule has 1 rings (SSSR count). The van der Waals surface area contributed by atoms with Gasteiger partial charge in [0, 0.05) is 24.7 Å². The molecule has 0 bridgehead atoms. The molecule has 0 saturated carbocycles. The van der Waals surface area contributed by atoms with Crippen LogP contribution in [0.2, 0.25) is 0 Å². The molecule has 184 valence electrons. The monoisotopic (exact) mass is 472 g/mol. The summed E-state index contributed by atoms with van der Waals surface area (Å²) in [7, 11) is 0. The SMILES string of the molecule is CC(O)C(N)C(=O)NC(CCC(=O)O)C(=O)NC(CO)C(=O)NC(Cc1cnc[nH]1)C(=O)O. The number of hydrogen-bond acceptors (Lipinski definition) is 9. The van der Waals surface area contributed by atoms with Gasteiger partial charge in [0.25, 0.3) is 0 Å². The van der Waals surface area contributed by atoms with Crippen LogP contribution in [-0.2, 0) is 30.4 Å². The molecule has 0 aliphatic rings. The predicted molar refractivity (Wildman–Crippen MR) is 109 cm³/mol. The second-order valence-electron chi connectivity index (χ2n) is 7.18. The van der Waals surface area contributed by atoms with Crippen LogP contribution in [0.25, 0.3) is 0 Å². The number of rotatable bonds is 14. The van der Waals surface area contributed by atoms with Crippen LogP contribution in [0.15, 0.2) is 12.5 Å². The standard InChI is InChI=1S/C18H28N6O9/c1-8(26)14(19)17(31)22-10(2-3-13(27)28)15(29)24-12(6-25)16(30)23-11(18(32)33)4-9-5-20-7-21-9/h5,7-8,10-12,14,25-26H,2-4,6,19H2,1H3,(H,20,21)(H,22,31)(H,23,30)(H,24,29)(H,27,28)(H,32,33).